The third-order valence-electron chi connectivity index (χ3n) is 5.68. The molecule has 0 radical (unpaired) electrons. The predicted molar refractivity (Wildman–Crippen MR) is 114 cm³/mol. The van der Waals surface area contributed by atoms with Gasteiger partial charge >= 0.3 is 6.18 Å². The van der Waals surface area contributed by atoms with Crippen LogP contribution in [0.15, 0.2) is 59.5 Å². The number of nitrogens with zero attached hydrogens (tertiary/aromatic N) is 2. The number of alkyl halides is 3. The number of carbonyl (C=O) groups excluding carboxylic acids is 1. The number of amides is 1. The van der Waals surface area contributed by atoms with E-state index in [0.717, 1.165) is 29.8 Å². The number of nitrogens with one attached hydrogen (secondary N) is 1. The molecule has 10 heteroatoms. The molecule has 1 aliphatic heterocycles. The fourth-order valence-corrected chi connectivity index (χ4v) is 5.04. The molecule has 174 valence electrons. The van der Waals surface area contributed by atoms with E-state index >= 15 is 0 Å². The van der Waals surface area contributed by atoms with Crippen LogP contribution in [0.1, 0.15) is 31.0 Å². The minimum absolute atomic E-state index is 0.148. The van der Waals surface area contributed by atoms with Crippen LogP contribution in [0.25, 0.3) is 0 Å². The maximum atomic E-state index is 12.8. The van der Waals surface area contributed by atoms with Crippen molar-refractivity contribution in [3.63, 3.8) is 0 Å². The van der Waals surface area contributed by atoms with Gasteiger partial charge in [-0.1, -0.05) is 30.3 Å². The molecular formula is C22H26F3N3O3S. The Balaban J connectivity index is 1.58. The molecule has 1 fully saturated rings. The molecule has 1 saturated heterocycles. The lowest BCUT2D eigenvalue weighted by atomic mass is 10.1. The van der Waals surface area contributed by atoms with Gasteiger partial charge in [0.2, 0.25) is 15.9 Å². The Morgan fingerprint density at radius 2 is 1.50 bits per heavy atom. The van der Waals surface area contributed by atoms with Gasteiger partial charge in [0, 0.05) is 26.2 Å². The van der Waals surface area contributed by atoms with Crippen LogP contribution in [0.3, 0.4) is 0 Å². The normalized spacial score (nSPS) is 18.2. The summed E-state index contributed by atoms with van der Waals surface area (Å²) in [6, 6.07) is 12.4. The summed E-state index contributed by atoms with van der Waals surface area (Å²) in [5.74, 6) is -0.152. The predicted octanol–water partition coefficient (Wildman–Crippen LogP) is 3.28. The number of halogens is 3. The molecule has 6 nitrogen and oxygen atoms in total. The highest BCUT2D eigenvalue weighted by atomic mass is 32.2. The van der Waals surface area contributed by atoms with Gasteiger partial charge in [-0.25, -0.2) is 8.42 Å². The van der Waals surface area contributed by atoms with E-state index in [1.807, 2.05) is 42.2 Å². The summed E-state index contributed by atoms with van der Waals surface area (Å²) >= 11 is 0. The van der Waals surface area contributed by atoms with Gasteiger partial charge in [-0.3, -0.25) is 9.69 Å². The lowest BCUT2D eigenvalue weighted by Gasteiger charge is -2.37. The van der Waals surface area contributed by atoms with Gasteiger partial charge in [0.1, 0.15) is 0 Å². The maximum Gasteiger partial charge on any atom is 0.416 e. The van der Waals surface area contributed by atoms with Crippen molar-refractivity contribution >= 4 is 15.9 Å². The molecule has 2 aromatic carbocycles. The first-order chi connectivity index (χ1) is 15.0. The minimum Gasteiger partial charge on any atom is -0.348 e. The Kier molecular flexibility index (Phi) is 7.26. The zero-order valence-electron chi connectivity index (χ0n) is 17.8. The second-order valence-corrected chi connectivity index (χ2v) is 9.72. The van der Waals surface area contributed by atoms with Gasteiger partial charge in [-0.15, -0.1) is 0 Å². The lowest BCUT2D eigenvalue weighted by molar-refractivity contribution is -0.137. The Morgan fingerprint density at radius 3 is 2.03 bits per heavy atom. The Hall–Kier alpha value is -2.43. The smallest absolute Gasteiger partial charge is 0.348 e. The summed E-state index contributed by atoms with van der Waals surface area (Å²) in [4.78, 5) is 14.4. The summed E-state index contributed by atoms with van der Waals surface area (Å²) < 4.78 is 65.1. The fraction of sp³-hybridized carbons (Fsp3) is 0.409. The quantitative estimate of drug-likeness (QED) is 0.705. The highest BCUT2D eigenvalue weighted by Gasteiger charge is 2.34. The lowest BCUT2D eigenvalue weighted by Crippen LogP contribution is -2.55. The van der Waals surface area contributed by atoms with Crippen molar-refractivity contribution in [1.29, 1.82) is 0 Å². The zero-order valence-corrected chi connectivity index (χ0v) is 18.7. The molecule has 3 rings (SSSR count). The van der Waals surface area contributed by atoms with E-state index in [0.29, 0.717) is 13.1 Å². The molecule has 0 aliphatic carbocycles. The van der Waals surface area contributed by atoms with Crippen LogP contribution in [0.5, 0.6) is 0 Å². The van der Waals surface area contributed by atoms with Crippen molar-refractivity contribution in [3.05, 3.63) is 65.7 Å². The highest BCUT2D eigenvalue weighted by Crippen LogP contribution is 2.30. The molecule has 1 N–H and O–H groups in total. The number of piperazine rings is 1. The first-order valence-corrected chi connectivity index (χ1v) is 11.7. The number of sulfonamides is 1. The van der Waals surface area contributed by atoms with Gasteiger partial charge in [-0.2, -0.15) is 17.5 Å². The van der Waals surface area contributed by atoms with Crippen molar-refractivity contribution in [3.8, 4) is 0 Å². The van der Waals surface area contributed by atoms with Gasteiger partial charge in [0.05, 0.1) is 22.5 Å². The van der Waals surface area contributed by atoms with Crippen LogP contribution >= 0.6 is 0 Å². The largest absolute Gasteiger partial charge is 0.416 e. The topological polar surface area (TPSA) is 69.7 Å². The summed E-state index contributed by atoms with van der Waals surface area (Å²) in [7, 11) is -3.91. The van der Waals surface area contributed by atoms with Gasteiger partial charge in [0.15, 0.2) is 0 Å². The molecule has 0 spiro atoms. The highest BCUT2D eigenvalue weighted by molar-refractivity contribution is 7.89. The first-order valence-electron chi connectivity index (χ1n) is 10.3. The van der Waals surface area contributed by atoms with Crippen molar-refractivity contribution in [2.75, 3.05) is 26.2 Å². The zero-order chi connectivity index (χ0) is 23.5. The van der Waals surface area contributed by atoms with Gasteiger partial charge in [-0.05, 0) is 43.7 Å². The Bertz CT molecular complexity index is 1020. The maximum absolute atomic E-state index is 12.8. The van der Waals surface area contributed by atoms with Crippen molar-refractivity contribution in [1.82, 2.24) is 14.5 Å². The van der Waals surface area contributed by atoms with Crippen molar-refractivity contribution in [2.24, 2.45) is 0 Å². The number of hydrogen-bond acceptors (Lipinski definition) is 4. The van der Waals surface area contributed by atoms with Crippen LogP contribution in [0, 0.1) is 0 Å². The second kappa shape index (κ2) is 9.60. The van der Waals surface area contributed by atoms with Gasteiger partial charge < -0.3 is 5.32 Å². The van der Waals surface area contributed by atoms with Crippen LogP contribution in [-0.2, 0) is 21.0 Å². The van der Waals surface area contributed by atoms with Crippen LogP contribution in [0.2, 0.25) is 0 Å². The van der Waals surface area contributed by atoms with Crippen LogP contribution < -0.4 is 5.32 Å². The molecule has 0 saturated carbocycles. The molecular weight excluding hydrogens is 443 g/mol. The summed E-state index contributed by atoms with van der Waals surface area (Å²) in [5, 5.41) is 2.97. The van der Waals surface area contributed by atoms with E-state index in [4.69, 9.17) is 0 Å². The Labute approximate surface area is 186 Å². The molecule has 1 amide bonds. The molecule has 0 unspecified atom stereocenters. The number of carbonyl (C=O) groups is 1. The number of benzene rings is 2. The molecule has 1 heterocycles. The minimum atomic E-state index is -4.53. The Morgan fingerprint density at radius 1 is 0.938 bits per heavy atom. The molecule has 1 aliphatic rings. The van der Waals surface area contributed by atoms with Gasteiger partial charge in [0.25, 0.3) is 0 Å². The fourth-order valence-electron chi connectivity index (χ4n) is 3.62. The van der Waals surface area contributed by atoms with Crippen LogP contribution in [0.4, 0.5) is 13.2 Å². The van der Waals surface area contributed by atoms with Crippen LogP contribution in [-0.4, -0.2) is 55.8 Å². The molecule has 32 heavy (non-hydrogen) atoms. The van der Waals surface area contributed by atoms with E-state index in [1.54, 1.807) is 6.92 Å². The second-order valence-electron chi connectivity index (χ2n) is 7.78. The third kappa shape index (κ3) is 5.48. The average Bonchev–Trinajstić information content (AvgIpc) is 2.78. The first kappa shape index (κ1) is 24.2. The molecule has 2 atom stereocenters. The number of hydrogen-bond donors (Lipinski definition) is 1. The van der Waals surface area contributed by atoms with E-state index in [1.165, 1.54) is 4.31 Å². The third-order valence-corrected chi connectivity index (χ3v) is 7.59. The standard InChI is InChI=1S/C22H26F3N3O3S/c1-16(18-6-4-3-5-7-18)26-21(29)17(2)27-12-14-28(15-13-27)32(30,31)20-10-8-19(9-11-20)22(23,24)25/h3-11,16-17H,12-15H2,1-2H3,(H,26,29)/t16-,17-/m1/s1. The van der Waals surface area contributed by atoms with E-state index < -0.39 is 27.8 Å². The van der Waals surface area contributed by atoms with E-state index in [2.05, 4.69) is 5.32 Å². The molecule has 2 aromatic rings. The summed E-state index contributed by atoms with van der Waals surface area (Å²) in [5.41, 5.74) is 0.0892. The summed E-state index contributed by atoms with van der Waals surface area (Å²) in [6.07, 6.45) is -4.53. The molecule has 0 aromatic heterocycles. The monoisotopic (exact) mass is 469 g/mol. The number of rotatable bonds is 6. The SMILES string of the molecule is C[C@H](C(=O)N[C@H](C)c1ccccc1)N1CCN(S(=O)(=O)c2ccc(C(F)(F)F)cc2)CC1. The van der Waals surface area contributed by atoms with E-state index in [-0.39, 0.29) is 29.9 Å². The summed E-state index contributed by atoms with van der Waals surface area (Å²) in [6.45, 7) is 4.65. The van der Waals surface area contributed by atoms with Crippen molar-refractivity contribution in [2.45, 2.75) is 37.0 Å². The van der Waals surface area contributed by atoms with E-state index in [9.17, 15) is 26.4 Å². The average molecular weight is 470 g/mol. The van der Waals surface area contributed by atoms with Crippen molar-refractivity contribution < 1.29 is 26.4 Å². The molecule has 0 bridgehead atoms.